The summed E-state index contributed by atoms with van der Waals surface area (Å²) in [6.07, 6.45) is 0.323. The molecule has 5 nitrogen and oxygen atoms in total. The Morgan fingerprint density at radius 3 is 2.67 bits per heavy atom. The van der Waals surface area contributed by atoms with Crippen LogP contribution >= 0.6 is 11.6 Å². The van der Waals surface area contributed by atoms with Gasteiger partial charge in [-0.05, 0) is 17.7 Å². The first kappa shape index (κ1) is 18.3. The summed E-state index contributed by atoms with van der Waals surface area (Å²) in [7, 11) is 0. The maximum atomic E-state index is 12.9. The van der Waals surface area contributed by atoms with Gasteiger partial charge in [0, 0.05) is 41.3 Å². The summed E-state index contributed by atoms with van der Waals surface area (Å²) in [4.78, 5) is 25.1. The summed E-state index contributed by atoms with van der Waals surface area (Å²) in [6.45, 7) is 5.12. The van der Waals surface area contributed by atoms with Crippen LogP contribution in [0.4, 0.5) is 0 Å². The van der Waals surface area contributed by atoms with E-state index in [1.807, 2.05) is 25.1 Å². The molecule has 1 aliphatic heterocycles. The molecule has 2 aromatic rings. The number of nitrogens with one attached hydrogen (secondary N) is 1. The topological polar surface area (TPSA) is 68.5 Å². The molecule has 1 saturated heterocycles. The molecule has 6 heteroatoms. The van der Waals surface area contributed by atoms with E-state index >= 15 is 0 Å². The molecule has 2 aliphatic rings. The molecule has 4 atom stereocenters. The highest BCUT2D eigenvalue weighted by Gasteiger charge is 2.55. The number of fused-ring (bicyclic) bond motifs is 1. The second kappa shape index (κ2) is 7.13. The average molecular weight is 388 g/mol. The highest BCUT2D eigenvalue weighted by Crippen LogP contribution is 2.44. The zero-order chi connectivity index (χ0) is 19.1. The van der Waals surface area contributed by atoms with Gasteiger partial charge >= 0.3 is 0 Å². The lowest BCUT2D eigenvalue weighted by atomic mass is 9.95. The van der Waals surface area contributed by atoms with Crippen molar-refractivity contribution in [2.24, 2.45) is 11.8 Å². The highest BCUT2D eigenvalue weighted by atomic mass is 35.5. The van der Waals surface area contributed by atoms with Crippen LogP contribution in [-0.2, 0) is 4.74 Å². The molecular weight excluding hydrogens is 366 g/mol. The largest absolute Gasteiger partial charge is 0.456 e. The monoisotopic (exact) mass is 387 g/mol. The first-order chi connectivity index (χ1) is 13.0. The van der Waals surface area contributed by atoms with Crippen molar-refractivity contribution in [2.75, 3.05) is 13.2 Å². The lowest BCUT2D eigenvalue weighted by Crippen LogP contribution is -2.30. The number of Topliss-reactive ketones (excluding diaryl/α,β-unsaturated/α-hetero) is 1. The molecule has 1 N–H and O–H groups in total. The maximum absolute atomic E-state index is 12.9. The Hall–Kier alpha value is -2.11. The third-order valence-corrected chi connectivity index (χ3v) is 5.83. The Balaban J connectivity index is 1.63. The van der Waals surface area contributed by atoms with Gasteiger partial charge in [-0.25, -0.2) is 0 Å². The number of benzene rings is 1. The number of rotatable bonds is 6. The zero-order valence-corrected chi connectivity index (χ0v) is 16.1. The Morgan fingerprint density at radius 1 is 1.26 bits per heavy atom. The molecular formula is C21H22ClNO4. The van der Waals surface area contributed by atoms with Crippen molar-refractivity contribution in [2.45, 2.75) is 32.2 Å². The molecule has 0 bridgehead atoms. The molecule has 1 aliphatic carbocycles. The van der Waals surface area contributed by atoms with E-state index in [4.69, 9.17) is 20.8 Å². The summed E-state index contributed by atoms with van der Waals surface area (Å²) in [5.74, 6) is 1.02. The zero-order valence-electron chi connectivity index (χ0n) is 15.3. The van der Waals surface area contributed by atoms with Crippen LogP contribution in [0.2, 0.25) is 5.02 Å². The van der Waals surface area contributed by atoms with Crippen LogP contribution in [0.15, 0.2) is 34.7 Å². The number of furan rings is 1. The SMILES string of the molecule is CCC(=O)c1cc(C(=O)NC2[C@H]3COC[C@@H]23)c(C(C)c2cccc(Cl)c2)o1. The van der Waals surface area contributed by atoms with Gasteiger partial charge in [-0.1, -0.05) is 37.6 Å². The molecule has 2 unspecified atom stereocenters. The lowest BCUT2D eigenvalue weighted by molar-refractivity contribution is 0.0923. The van der Waals surface area contributed by atoms with Gasteiger partial charge in [-0.3, -0.25) is 9.59 Å². The third-order valence-electron chi connectivity index (χ3n) is 5.59. The van der Waals surface area contributed by atoms with Crippen molar-refractivity contribution in [3.63, 3.8) is 0 Å². The molecule has 1 aromatic heterocycles. The molecule has 1 aromatic carbocycles. The van der Waals surface area contributed by atoms with E-state index in [-0.39, 0.29) is 29.4 Å². The number of hydrogen-bond donors (Lipinski definition) is 1. The summed E-state index contributed by atoms with van der Waals surface area (Å²) in [5, 5.41) is 3.70. The third kappa shape index (κ3) is 3.42. The molecule has 1 amide bonds. The van der Waals surface area contributed by atoms with Crippen molar-refractivity contribution in [1.82, 2.24) is 5.32 Å². The smallest absolute Gasteiger partial charge is 0.255 e. The minimum Gasteiger partial charge on any atom is -0.456 e. The van der Waals surface area contributed by atoms with Crippen molar-refractivity contribution in [1.29, 1.82) is 0 Å². The van der Waals surface area contributed by atoms with Gasteiger partial charge in [0.1, 0.15) is 5.76 Å². The summed E-state index contributed by atoms with van der Waals surface area (Å²) in [5.41, 5.74) is 1.35. The Morgan fingerprint density at radius 2 is 2.00 bits per heavy atom. The van der Waals surface area contributed by atoms with Crippen molar-refractivity contribution >= 4 is 23.3 Å². The Labute approximate surface area is 163 Å². The van der Waals surface area contributed by atoms with E-state index in [9.17, 15) is 9.59 Å². The molecule has 2 fully saturated rings. The molecule has 4 rings (SSSR count). The van der Waals surface area contributed by atoms with Crippen LogP contribution in [0.25, 0.3) is 0 Å². The Kier molecular flexibility index (Phi) is 4.82. The number of hydrogen-bond acceptors (Lipinski definition) is 4. The van der Waals surface area contributed by atoms with Crippen LogP contribution in [-0.4, -0.2) is 30.9 Å². The van der Waals surface area contributed by atoms with E-state index in [1.54, 1.807) is 19.1 Å². The van der Waals surface area contributed by atoms with E-state index in [2.05, 4.69) is 5.32 Å². The fourth-order valence-electron chi connectivity index (χ4n) is 3.83. The van der Waals surface area contributed by atoms with Gasteiger partial charge in [0.25, 0.3) is 5.91 Å². The average Bonchev–Trinajstić information content (AvgIpc) is 3.07. The number of halogens is 1. The van der Waals surface area contributed by atoms with Gasteiger partial charge in [0.2, 0.25) is 0 Å². The summed E-state index contributed by atoms with van der Waals surface area (Å²) in [6, 6.07) is 9.17. The van der Waals surface area contributed by atoms with Crippen molar-refractivity contribution in [3.8, 4) is 0 Å². The summed E-state index contributed by atoms with van der Waals surface area (Å²) >= 11 is 6.11. The van der Waals surface area contributed by atoms with Crippen LogP contribution < -0.4 is 5.32 Å². The predicted molar refractivity (Wildman–Crippen MR) is 101 cm³/mol. The van der Waals surface area contributed by atoms with E-state index in [0.717, 1.165) is 5.56 Å². The second-order valence-electron chi connectivity index (χ2n) is 7.31. The van der Waals surface area contributed by atoms with Gasteiger partial charge in [-0.15, -0.1) is 0 Å². The molecule has 142 valence electrons. The lowest BCUT2D eigenvalue weighted by Gasteiger charge is -2.13. The maximum Gasteiger partial charge on any atom is 0.255 e. The molecule has 27 heavy (non-hydrogen) atoms. The molecule has 2 heterocycles. The fourth-order valence-corrected chi connectivity index (χ4v) is 4.02. The highest BCUT2D eigenvalue weighted by molar-refractivity contribution is 6.30. The standard InChI is InChI=1S/C21H22ClNO4/c1-3-17(24)18-8-14(21(25)23-19-15-9-26-10-16(15)19)20(27-18)11(2)12-5-4-6-13(22)7-12/h4-8,11,15-16,19H,3,9-10H2,1-2H3,(H,23,25)/t11?,15-,16+,19?. The van der Waals surface area contributed by atoms with Gasteiger partial charge in [-0.2, -0.15) is 0 Å². The summed E-state index contributed by atoms with van der Waals surface area (Å²) < 4.78 is 11.2. The predicted octanol–water partition coefficient (Wildman–Crippen LogP) is 4.05. The molecule has 1 saturated carbocycles. The molecule has 0 radical (unpaired) electrons. The van der Waals surface area contributed by atoms with Crippen LogP contribution in [0.1, 0.15) is 58.4 Å². The van der Waals surface area contributed by atoms with Crippen LogP contribution in [0, 0.1) is 11.8 Å². The quantitative estimate of drug-likeness (QED) is 0.759. The van der Waals surface area contributed by atoms with E-state index in [1.165, 1.54) is 0 Å². The minimum atomic E-state index is -0.204. The number of carbonyl (C=O) groups excluding carboxylic acids is 2. The first-order valence-electron chi connectivity index (χ1n) is 9.30. The first-order valence-corrected chi connectivity index (χ1v) is 9.68. The number of ketones is 1. The normalized spacial score (nSPS) is 24.3. The second-order valence-corrected chi connectivity index (χ2v) is 7.74. The van der Waals surface area contributed by atoms with Crippen molar-refractivity contribution < 1.29 is 18.7 Å². The fraction of sp³-hybridized carbons (Fsp3) is 0.429. The van der Waals surface area contributed by atoms with Crippen LogP contribution in [0.5, 0.6) is 0 Å². The van der Waals surface area contributed by atoms with E-state index < -0.39 is 0 Å². The number of carbonyl (C=O) groups is 2. The van der Waals surface area contributed by atoms with E-state index in [0.29, 0.717) is 47.8 Å². The number of ether oxygens (including phenoxy) is 1. The van der Waals surface area contributed by atoms with Gasteiger partial charge in [0.05, 0.1) is 18.8 Å². The van der Waals surface area contributed by atoms with Gasteiger partial charge < -0.3 is 14.5 Å². The minimum absolute atomic E-state index is 0.120. The Bertz CT molecular complexity index is 880. The number of amides is 1. The van der Waals surface area contributed by atoms with Crippen molar-refractivity contribution in [3.05, 3.63) is 58.0 Å². The van der Waals surface area contributed by atoms with Gasteiger partial charge in [0.15, 0.2) is 11.5 Å². The molecule has 0 spiro atoms. The van der Waals surface area contributed by atoms with Crippen LogP contribution in [0.3, 0.4) is 0 Å².